The zero-order valence-electron chi connectivity index (χ0n) is 10.0. The van der Waals surface area contributed by atoms with Gasteiger partial charge in [-0.1, -0.05) is 0 Å². The van der Waals surface area contributed by atoms with Crippen LogP contribution in [0.3, 0.4) is 0 Å². The SMILES string of the molecule is Cc1csc(COc2ccc(C=O)cc2[N+](=O)[O-])n1. The molecule has 0 bridgehead atoms. The van der Waals surface area contributed by atoms with Crippen molar-refractivity contribution in [2.45, 2.75) is 13.5 Å². The zero-order chi connectivity index (χ0) is 13.8. The van der Waals surface area contributed by atoms with Gasteiger partial charge in [-0.2, -0.15) is 0 Å². The maximum absolute atomic E-state index is 10.9. The van der Waals surface area contributed by atoms with E-state index in [0.717, 1.165) is 10.7 Å². The highest BCUT2D eigenvalue weighted by Gasteiger charge is 2.16. The van der Waals surface area contributed by atoms with Crippen LogP contribution >= 0.6 is 11.3 Å². The normalized spacial score (nSPS) is 10.2. The Balaban J connectivity index is 2.19. The fraction of sp³-hybridized carbons (Fsp3) is 0.167. The second-order valence-corrected chi connectivity index (χ2v) is 4.72. The van der Waals surface area contributed by atoms with E-state index in [4.69, 9.17) is 4.74 Å². The number of hydrogen-bond acceptors (Lipinski definition) is 6. The molecule has 7 heteroatoms. The topological polar surface area (TPSA) is 82.3 Å². The maximum atomic E-state index is 10.9. The summed E-state index contributed by atoms with van der Waals surface area (Å²) in [4.78, 5) is 25.1. The number of carbonyl (C=O) groups excluding carboxylic acids is 1. The van der Waals surface area contributed by atoms with Crippen molar-refractivity contribution in [3.8, 4) is 5.75 Å². The monoisotopic (exact) mass is 278 g/mol. The molecule has 1 aromatic heterocycles. The van der Waals surface area contributed by atoms with E-state index in [9.17, 15) is 14.9 Å². The van der Waals surface area contributed by atoms with E-state index in [1.807, 2.05) is 12.3 Å². The van der Waals surface area contributed by atoms with Crippen molar-refractivity contribution in [1.82, 2.24) is 4.98 Å². The van der Waals surface area contributed by atoms with Gasteiger partial charge in [-0.3, -0.25) is 14.9 Å². The number of nitro groups is 1. The van der Waals surface area contributed by atoms with Crippen molar-refractivity contribution in [2.24, 2.45) is 0 Å². The Morgan fingerprint density at radius 3 is 2.89 bits per heavy atom. The number of hydrogen-bond donors (Lipinski definition) is 0. The minimum absolute atomic E-state index is 0.128. The van der Waals surface area contributed by atoms with Gasteiger partial charge in [0, 0.05) is 22.7 Å². The number of aryl methyl sites for hydroxylation is 1. The van der Waals surface area contributed by atoms with Crippen LogP contribution in [-0.2, 0) is 6.61 Å². The van der Waals surface area contributed by atoms with Crippen LogP contribution in [0.5, 0.6) is 5.75 Å². The molecule has 0 fully saturated rings. The first-order valence-corrected chi connectivity index (χ1v) is 6.25. The molecule has 0 radical (unpaired) electrons. The highest BCUT2D eigenvalue weighted by molar-refractivity contribution is 7.09. The molecule has 0 aliphatic rings. The summed E-state index contributed by atoms with van der Waals surface area (Å²) in [7, 11) is 0. The van der Waals surface area contributed by atoms with Crippen LogP contribution < -0.4 is 4.74 Å². The fourth-order valence-electron chi connectivity index (χ4n) is 1.48. The molecule has 19 heavy (non-hydrogen) atoms. The summed E-state index contributed by atoms with van der Waals surface area (Å²) in [6.07, 6.45) is 0.557. The smallest absolute Gasteiger partial charge is 0.311 e. The molecular weight excluding hydrogens is 268 g/mol. The molecule has 0 saturated heterocycles. The van der Waals surface area contributed by atoms with Gasteiger partial charge < -0.3 is 4.74 Å². The Kier molecular flexibility index (Phi) is 3.86. The standard InChI is InChI=1S/C12H10N2O4S/c1-8-7-19-12(13-8)6-18-11-3-2-9(5-15)4-10(11)14(16)17/h2-5,7H,6H2,1H3. The summed E-state index contributed by atoms with van der Waals surface area (Å²) in [6.45, 7) is 2.03. The van der Waals surface area contributed by atoms with Crippen LogP contribution in [0.2, 0.25) is 0 Å². The Morgan fingerprint density at radius 1 is 1.53 bits per heavy atom. The number of nitro benzene ring substituents is 1. The largest absolute Gasteiger partial charge is 0.479 e. The van der Waals surface area contributed by atoms with E-state index >= 15 is 0 Å². The van der Waals surface area contributed by atoms with Crippen molar-refractivity contribution >= 4 is 23.3 Å². The Morgan fingerprint density at radius 2 is 2.32 bits per heavy atom. The number of benzene rings is 1. The third-order valence-corrected chi connectivity index (χ3v) is 3.27. The summed E-state index contributed by atoms with van der Waals surface area (Å²) in [6, 6.07) is 4.08. The first kappa shape index (κ1) is 13.2. The molecule has 2 aromatic rings. The highest BCUT2D eigenvalue weighted by Crippen LogP contribution is 2.28. The molecule has 0 unspecified atom stereocenters. The van der Waals surface area contributed by atoms with Gasteiger partial charge in [0.2, 0.25) is 0 Å². The zero-order valence-corrected chi connectivity index (χ0v) is 10.8. The van der Waals surface area contributed by atoms with Gasteiger partial charge in [0.1, 0.15) is 17.9 Å². The minimum Gasteiger partial charge on any atom is -0.479 e. The van der Waals surface area contributed by atoms with Gasteiger partial charge in [0.15, 0.2) is 5.75 Å². The summed E-state index contributed by atoms with van der Waals surface area (Å²) in [5.74, 6) is 0.128. The van der Waals surface area contributed by atoms with Gasteiger partial charge in [-0.25, -0.2) is 4.98 Å². The second-order valence-electron chi connectivity index (χ2n) is 3.77. The van der Waals surface area contributed by atoms with Crippen LogP contribution in [0.1, 0.15) is 21.1 Å². The second kappa shape index (κ2) is 5.57. The summed E-state index contributed by atoms with van der Waals surface area (Å²) >= 11 is 1.43. The fourth-order valence-corrected chi connectivity index (χ4v) is 2.16. The molecule has 0 amide bonds. The average molecular weight is 278 g/mol. The molecule has 0 saturated carbocycles. The Bertz CT molecular complexity index is 624. The van der Waals surface area contributed by atoms with Crippen LogP contribution in [-0.4, -0.2) is 16.2 Å². The molecular formula is C12H10N2O4S. The first-order chi connectivity index (χ1) is 9.10. The van der Waals surface area contributed by atoms with Crippen molar-refractivity contribution in [3.63, 3.8) is 0 Å². The maximum Gasteiger partial charge on any atom is 0.311 e. The van der Waals surface area contributed by atoms with E-state index in [2.05, 4.69) is 4.98 Å². The lowest BCUT2D eigenvalue weighted by Crippen LogP contribution is -1.99. The average Bonchev–Trinajstić information content (AvgIpc) is 2.82. The molecule has 6 nitrogen and oxygen atoms in total. The Labute approximate surface area is 112 Å². The van der Waals surface area contributed by atoms with Crippen molar-refractivity contribution in [1.29, 1.82) is 0 Å². The van der Waals surface area contributed by atoms with Crippen LogP contribution in [0.15, 0.2) is 23.6 Å². The number of aromatic nitrogens is 1. The predicted molar refractivity (Wildman–Crippen MR) is 69.7 cm³/mol. The summed E-state index contributed by atoms with van der Waals surface area (Å²) in [5, 5.41) is 13.5. The lowest BCUT2D eigenvalue weighted by molar-refractivity contribution is -0.386. The van der Waals surface area contributed by atoms with E-state index in [1.54, 1.807) is 0 Å². The van der Waals surface area contributed by atoms with Gasteiger partial charge in [-0.05, 0) is 19.1 Å². The molecule has 0 spiro atoms. The van der Waals surface area contributed by atoms with Gasteiger partial charge in [0.25, 0.3) is 0 Å². The van der Waals surface area contributed by atoms with E-state index in [1.165, 1.54) is 29.5 Å². The van der Waals surface area contributed by atoms with Crippen molar-refractivity contribution < 1.29 is 14.5 Å². The molecule has 1 heterocycles. The minimum atomic E-state index is -0.574. The third kappa shape index (κ3) is 3.14. The van der Waals surface area contributed by atoms with Gasteiger partial charge in [0.05, 0.1) is 4.92 Å². The van der Waals surface area contributed by atoms with Crippen molar-refractivity contribution in [2.75, 3.05) is 0 Å². The van der Waals surface area contributed by atoms with Crippen LogP contribution in [0.4, 0.5) is 5.69 Å². The molecule has 98 valence electrons. The van der Waals surface area contributed by atoms with Crippen LogP contribution in [0.25, 0.3) is 0 Å². The summed E-state index contributed by atoms with van der Waals surface area (Å²) < 4.78 is 5.39. The molecule has 1 aromatic carbocycles. The predicted octanol–water partition coefficient (Wildman–Crippen LogP) is 2.75. The van der Waals surface area contributed by atoms with Crippen molar-refractivity contribution in [3.05, 3.63) is 50.0 Å². The quantitative estimate of drug-likeness (QED) is 0.477. The number of nitrogens with zero attached hydrogens (tertiary/aromatic N) is 2. The van der Waals surface area contributed by atoms with Crippen LogP contribution in [0, 0.1) is 17.0 Å². The van der Waals surface area contributed by atoms with Gasteiger partial charge >= 0.3 is 5.69 Å². The molecule has 2 rings (SSSR count). The number of ether oxygens (including phenoxy) is 1. The molecule has 0 aliphatic carbocycles. The van der Waals surface area contributed by atoms with E-state index in [0.29, 0.717) is 6.29 Å². The van der Waals surface area contributed by atoms with E-state index < -0.39 is 4.92 Å². The summed E-state index contributed by atoms with van der Waals surface area (Å²) in [5.41, 5.74) is 0.899. The Hall–Kier alpha value is -2.28. The van der Waals surface area contributed by atoms with E-state index in [-0.39, 0.29) is 23.6 Å². The molecule has 0 N–H and O–H groups in total. The first-order valence-electron chi connectivity index (χ1n) is 5.37. The number of thiazole rings is 1. The lowest BCUT2D eigenvalue weighted by atomic mass is 10.2. The highest BCUT2D eigenvalue weighted by atomic mass is 32.1. The number of carbonyl (C=O) groups is 1. The lowest BCUT2D eigenvalue weighted by Gasteiger charge is -2.05. The molecule has 0 aliphatic heterocycles. The number of rotatable bonds is 5. The van der Waals surface area contributed by atoms with Gasteiger partial charge in [-0.15, -0.1) is 11.3 Å². The molecule has 0 atom stereocenters. The number of aldehydes is 1. The third-order valence-electron chi connectivity index (χ3n) is 2.33.